The van der Waals surface area contributed by atoms with Crippen LogP contribution < -0.4 is 20.3 Å². The molecule has 2 N–H and O–H groups in total. The molecule has 1 fully saturated rings. The Bertz CT molecular complexity index is 1100. The van der Waals surface area contributed by atoms with Crippen molar-refractivity contribution >= 4 is 17.5 Å². The van der Waals surface area contributed by atoms with E-state index in [1.165, 1.54) is 12.1 Å². The number of anilines is 1. The van der Waals surface area contributed by atoms with E-state index in [-0.39, 0.29) is 24.9 Å². The first-order chi connectivity index (χ1) is 17.0. The second-order valence-corrected chi connectivity index (χ2v) is 8.27. The van der Waals surface area contributed by atoms with Gasteiger partial charge in [-0.2, -0.15) is 0 Å². The highest BCUT2D eigenvalue weighted by atomic mass is 19.1. The number of nitrogens with one attached hydrogen (secondary N) is 2. The minimum atomic E-state index is -0.694. The Morgan fingerprint density at radius 2 is 1.66 bits per heavy atom. The number of methoxy groups -OCH3 is 1. The van der Waals surface area contributed by atoms with Gasteiger partial charge in [-0.1, -0.05) is 12.1 Å². The molecule has 35 heavy (non-hydrogen) atoms. The Labute approximate surface area is 203 Å². The Hall–Kier alpha value is -3.85. The zero-order valence-corrected chi connectivity index (χ0v) is 19.6. The van der Waals surface area contributed by atoms with E-state index in [1.807, 2.05) is 18.2 Å². The fraction of sp³-hybridized carbons (Fsp3) is 0.308. The van der Waals surface area contributed by atoms with Crippen molar-refractivity contribution in [2.45, 2.75) is 12.6 Å². The summed E-state index contributed by atoms with van der Waals surface area (Å²) in [5.74, 6) is -0.200. The van der Waals surface area contributed by atoms with Crippen LogP contribution >= 0.6 is 0 Å². The molecule has 1 aromatic heterocycles. The van der Waals surface area contributed by atoms with Crippen LogP contribution in [-0.2, 0) is 16.1 Å². The maximum atomic E-state index is 13.2. The summed E-state index contributed by atoms with van der Waals surface area (Å²) >= 11 is 0. The lowest BCUT2D eigenvalue weighted by Gasteiger charge is -2.39. The van der Waals surface area contributed by atoms with Crippen molar-refractivity contribution in [2.75, 3.05) is 44.7 Å². The first-order valence-electron chi connectivity index (χ1n) is 11.5. The van der Waals surface area contributed by atoms with Crippen LogP contribution in [0.15, 0.2) is 71.3 Å². The number of ether oxygens (including phenoxy) is 1. The highest BCUT2D eigenvalue weighted by Crippen LogP contribution is 2.24. The average Bonchev–Trinajstić information content (AvgIpc) is 3.43. The summed E-state index contributed by atoms with van der Waals surface area (Å²) in [7, 11) is 1.59. The molecule has 2 heterocycles. The Morgan fingerprint density at radius 1 is 0.971 bits per heavy atom. The fourth-order valence-electron chi connectivity index (χ4n) is 4.11. The molecule has 184 valence electrons. The van der Waals surface area contributed by atoms with E-state index in [0.717, 1.165) is 48.9 Å². The van der Waals surface area contributed by atoms with Crippen molar-refractivity contribution in [1.29, 1.82) is 0 Å². The van der Waals surface area contributed by atoms with Gasteiger partial charge in [0, 0.05) is 45.0 Å². The third-order valence-electron chi connectivity index (χ3n) is 6.09. The van der Waals surface area contributed by atoms with Gasteiger partial charge in [-0.15, -0.1) is 0 Å². The summed E-state index contributed by atoms with van der Waals surface area (Å²) in [5, 5.41) is 5.38. The highest BCUT2D eigenvalue weighted by Gasteiger charge is 2.28. The van der Waals surface area contributed by atoms with Crippen LogP contribution in [0.1, 0.15) is 17.4 Å². The number of amides is 2. The quantitative estimate of drug-likeness (QED) is 0.482. The smallest absolute Gasteiger partial charge is 0.309 e. The Morgan fingerprint density at radius 3 is 2.29 bits per heavy atom. The predicted molar refractivity (Wildman–Crippen MR) is 129 cm³/mol. The molecule has 3 aromatic rings. The number of nitrogens with zero attached hydrogens (tertiary/aromatic N) is 2. The molecule has 0 saturated carbocycles. The number of furan rings is 1. The first kappa shape index (κ1) is 24.3. The van der Waals surface area contributed by atoms with Gasteiger partial charge in [0.1, 0.15) is 17.3 Å². The van der Waals surface area contributed by atoms with Crippen molar-refractivity contribution in [3.8, 4) is 5.75 Å². The zero-order chi connectivity index (χ0) is 24.6. The summed E-state index contributed by atoms with van der Waals surface area (Å²) < 4.78 is 24.0. The molecule has 0 spiro atoms. The van der Waals surface area contributed by atoms with Gasteiger partial charge >= 0.3 is 11.8 Å². The molecule has 0 radical (unpaired) electrons. The van der Waals surface area contributed by atoms with Gasteiger partial charge in [-0.3, -0.25) is 14.5 Å². The lowest BCUT2D eigenvalue weighted by Crippen LogP contribution is -2.50. The molecular weight excluding hydrogens is 451 g/mol. The van der Waals surface area contributed by atoms with Gasteiger partial charge < -0.3 is 24.7 Å². The SMILES string of the molecule is COc1ccc(CNC(=O)C(=O)NC[C@@H](c2ccco2)N2CCN(c3ccc(F)cc3)CC2)cc1. The summed E-state index contributed by atoms with van der Waals surface area (Å²) in [6.07, 6.45) is 1.60. The van der Waals surface area contributed by atoms with Gasteiger partial charge in [0.2, 0.25) is 0 Å². The van der Waals surface area contributed by atoms with E-state index >= 15 is 0 Å². The molecule has 1 aliphatic heterocycles. The van der Waals surface area contributed by atoms with Crippen molar-refractivity contribution < 1.29 is 23.1 Å². The average molecular weight is 481 g/mol. The molecule has 1 saturated heterocycles. The van der Waals surface area contributed by atoms with E-state index in [0.29, 0.717) is 0 Å². The molecule has 9 heteroatoms. The Kier molecular flexibility index (Phi) is 7.99. The van der Waals surface area contributed by atoms with Gasteiger partial charge in [-0.05, 0) is 54.1 Å². The number of carbonyl (C=O) groups is 2. The van der Waals surface area contributed by atoms with E-state index in [9.17, 15) is 14.0 Å². The van der Waals surface area contributed by atoms with E-state index in [4.69, 9.17) is 9.15 Å². The van der Waals surface area contributed by atoms with Gasteiger partial charge in [0.25, 0.3) is 0 Å². The molecule has 4 rings (SSSR count). The van der Waals surface area contributed by atoms with Gasteiger partial charge in [0.15, 0.2) is 0 Å². The normalized spacial score (nSPS) is 14.9. The van der Waals surface area contributed by atoms with Crippen LogP contribution in [-0.4, -0.2) is 56.5 Å². The second-order valence-electron chi connectivity index (χ2n) is 8.27. The third-order valence-corrected chi connectivity index (χ3v) is 6.09. The number of hydrogen-bond acceptors (Lipinski definition) is 6. The molecule has 0 unspecified atom stereocenters. The molecule has 1 atom stereocenters. The predicted octanol–water partition coefficient (Wildman–Crippen LogP) is 2.72. The minimum Gasteiger partial charge on any atom is -0.497 e. The van der Waals surface area contributed by atoms with Crippen molar-refractivity contribution in [3.05, 3.63) is 84.1 Å². The van der Waals surface area contributed by atoms with Crippen LogP contribution in [0.5, 0.6) is 5.75 Å². The van der Waals surface area contributed by atoms with E-state index < -0.39 is 11.8 Å². The first-order valence-corrected chi connectivity index (χ1v) is 11.5. The number of halogens is 1. The minimum absolute atomic E-state index is 0.210. The number of carbonyl (C=O) groups excluding carboxylic acids is 2. The summed E-state index contributed by atoms with van der Waals surface area (Å²) in [5.41, 5.74) is 1.84. The van der Waals surface area contributed by atoms with Gasteiger partial charge in [-0.25, -0.2) is 4.39 Å². The van der Waals surface area contributed by atoms with Crippen LogP contribution in [0.4, 0.5) is 10.1 Å². The topological polar surface area (TPSA) is 87.0 Å². The molecule has 2 amide bonds. The monoisotopic (exact) mass is 480 g/mol. The third kappa shape index (κ3) is 6.39. The lowest BCUT2D eigenvalue weighted by molar-refractivity contribution is -0.139. The number of piperazine rings is 1. The van der Waals surface area contributed by atoms with Crippen LogP contribution in [0, 0.1) is 5.82 Å². The molecule has 0 aliphatic carbocycles. The second kappa shape index (κ2) is 11.5. The standard InChI is InChI=1S/C26H29FN4O4/c1-34-22-10-4-19(5-11-22)17-28-25(32)26(33)29-18-23(24-3-2-16-35-24)31-14-12-30(13-15-31)21-8-6-20(27)7-9-21/h2-11,16,23H,12-15,17-18H2,1H3,(H,28,32)(H,29,33)/t23-/m0/s1. The lowest BCUT2D eigenvalue weighted by atomic mass is 10.1. The van der Waals surface area contributed by atoms with Gasteiger partial charge in [0.05, 0.1) is 19.4 Å². The van der Waals surface area contributed by atoms with E-state index in [2.05, 4.69) is 20.4 Å². The van der Waals surface area contributed by atoms with E-state index in [1.54, 1.807) is 43.7 Å². The van der Waals surface area contributed by atoms with Crippen LogP contribution in [0.3, 0.4) is 0 Å². The maximum Gasteiger partial charge on any atom is 0.309 e. The largest absolute Gasteiger partial charge is 0.497 e. The summed E-state index contributed by atoms with van der Waals surface area (Å²) in [4.78, 5) is 29.2. The Balaban J connectivity index is 1.30. The summed E-state index contributed by atoms with van der Waals surface area (Å²) in [6.45, 7) is 3.42. The molecular formula is C26H29FN4O4. The molecule has 0 bridgehead atoms. The maximum absolute atomic E-state index is 13.2. The zero-order valence-electron chi connectivity index (χ0n) is 19.6. The number of hydrogen-bond donors (Lipinski definition) is 2. The number of rotatable bonds is 8. The molecule has 8 nitrogen and oxygen atoms in total. The molecule has 1 aliphatic rings. The number of benzene rings is 2. The fourth-order valence-corrected chi connectivity index (χ4v) is 4.11. The van der Waals surface area contributed by atoms with Crippen molar-refractivity contribution in [1.82, 2.24) is 15.5 Å². The highest BCUT2D eigenvalue weighted by molar-refractivity contribution is 6.35. The molecule has 2 aromatic carbocycles. The van der Waals surface area contributed by atoms with Crippen LogP contribution in [0.25, 0.3) is 0 Å². The van der Waals surface area contributed by atoms with Crippen molar-refractivity contribution in [3.63, 3.8) is 0 Å². The van der Waals surface area contributed by atoms with Crippen LogP contribution in [0.2, 0.25) is 0 Å². The van der Waals surface area contributed by atoms with Crippen molar-refractivity contribution in [2.24, 2.45) is 0 Å². The summed E-state index contributed by atoms with van der Waals surface area (Å²) in [6, 6.07) is 17.2.